The van der Waals surface area contributed by atoms with Gasteiger partial charge in [0.05, 0.1) is 11.3 Å². The molecule has 0 spiro atoms. The molecule has 7 heteroatoms. The highest BCUT2D eigenvalue weighted by Gasteiger charge is 2.43. The van der Waals surface area contributed by atoms with Gasteiger partial charge in [-0.15, -0.1) is 11.3 Å². The summed E-state index contributed by atoms with van der Waals surface area (Å²) in [7, 11) is 1.66. The average Bonchev–Trinajstić information content (AvgIpc) is 3.30. The number of para-hydroxylation sites is 1. The maximum atomic E-state index is 14.3. The molecule has 2 amide bonds. The van der Waals surface area contributed by atoms with Crippen LogP contribution in [0.5, 0.6) is 0 Å². The van der Waals surface area contributed by atoms with Gasteiger partial charge in [0, 0.05) is 23.7 Å². The van der Waals surface area contributed by atoms with E-state index in [-0.39, 0.29) is 11.3 Å². The van der Waals surface area contributed by atoms with Gasteiger partial charge in [0.2, 0.25) is 0 Å². The largest absolute Gasteiger partial charge is 0.339 e. The minimum absolute atomic E-state index is 0.113. The van der Waals surface area contributed by atoms with E-state index >= 15 is 0 Å². The summed E-state index contributed by atoms with van der Waals surface area (Å²) < 4.78 is 28.1. The number of thiophene rings is 1. The fraction of sp³-hybridized carbons (Fsp3) is 0.0476. The summed E-state index contributed by atoms with van der Waals surface area (Å²) in [6.07, 6.45) is 0. The van der Waals surface area contributed by atoms with Crippen molar-refractivity contribution in [2.24, 2.45) is 0 Å². The molecular formula is C21H14F2N2O2S. The van der Waals surface area contributed by atoms with Crippen molar-refractivity contribution in [3.05, 3.63) is 88.3 Å². The first kappa shape index (κ1) is 18.1. The minimum atomic E-state index is -0.850. The van der Waals surface area contributed by atoms with Crippen LogP contribution in [0.25, 0.3) is 5.57 Å². The van der Waals surface area contributed by atoms with Crippen LogP contribution < -0.4 is 9.80 Å². The highest BCUT2D eigenvalue weighted by Crippen LogP contribution is 2.38. The van der Waals surface area contributed by atoms with Gasteiger partial charge in [0.1, 0.15) is 17.3 Å². The van der Waals surface area contributed by atoms with Crippen LogP contribution in [-0.2, 0) is 9.59 Å². The maximum absolute atomic E-state index is 14.3. The van der Waals surface area contributed by atoms with Gasteiger partial charge in [-0.3, -0.25) is 9.59 Å². The molecule has 2 heterocycles. The second kappa shape index (κ2) is 7.01. The first-order valence-electron chi connectivity index (χ1n) is 8.40. The van der Waals surface area contributed by atoms with E-state index < -0.39 is 29.1 Å². The predicted molar refractivity (Wildman–Crippen MR) is 105 cm³/mol. The zero-order valence-corrected chi connectivity index (χ0v) is 15.5. The van der Waals surface area contributed by atoms with E-state index in [0.29, 0.717) is 15.5 Å². The number of carbonyl (C=O) groups excluding carboxylic acids is 2. The molecule has 0 fully saturated rings. The number of hydrogen-bond donors (Lipinski definition) is 0. The van der Waals surface area contributed by atoms with Crippen LogP contribution in [0.15, 0.2) is 71.7 Å². The molecule has 4 nitrogen and oxygen atoms in total. The molecule has 0 atom stereocenters. The topological polar surface area (TPSA) is 40.6 Å². The van der Waals surface area contributed by atoms with Crippen LogP contribution in [0.1, 0.15) is 4.88 Å². The molecule has 0 saturated heterocycles. The van der Waals surface area contributed by atoms with Gasteiger partial charge in [0.15, 0.2) is 0 Å². The van der Waals surface area contributed by atoms with Crippen molar-refractivity contribution in [3.8, 4) is 0 Å². The summed E-state index contributed by atoms with van der Waals surface area (Å²) in [6, 6.07) is 15.2. The second-order valence-corrected chi connectivity index (χ2v) is 7.08. The number of amides is 2. The van der Waals surface area contributed by atoms with Crippen LogP contribution >= 0.6 is 11.3 Å². The molecule has 3 aromatic rings. The zero-order valence-electron chi connectivity index (χ0n) is 14.7. The molecule has 2 aromatic carbocycles. The average molecular weight is 396 g/mol. The van der Waals surface area contributed by atoms with Gasteiger partial charge >= 0.3 is 0 Å². The molecule has 0 saturated carbocycles. The molecule has 1 aliphatic heterocycles. The minimum Gasteiger partial charge on any atom is -0.339 e. The Bertz CT molecular complexity index is 1090. The number of likely N-dealkylation sites (N-methyl/N-ethyl adjacent to an activating group) is 1. The lowest BCUT2D eigenvalue weighted by Gasteiger charge is -2.21. The van der Waals surface area contributed by atoms with Crippen molar-refractivity contribution in [1.29, 1.82) is 0 Å². The van der Waals surface area contributed by atoms with E-state index in [2.05, 4.69) is 0 Å². The maximum Gasteiger partial charge on any atom is 0.282 e. The second-order valence-electron chi connectivity index (χ2n) is 6.14. The van der Waals surface area contributed by atoms with Crippen LogP contribution in [0.2, 0.25) is 0 Å². The smallest absolute Gasteiger partial charge is 0.282 e. The number of anilines is 2. The molecule has 0 radical (unpaired) electrons. The van der Waals surface area contributed by atoms with Crippen molar-refractivity contribution >= 4 is 40.1 Å². The van der Waals surface area contributed by atoms with Crippen LogP contribution in [-0.4, -0.2) is 18.9 Å². The Labute approximate surface area is 163 Å². The normalized spacial score (nSPS) is 14.2. The lowest BCUT2D eigenvalue weighted by Crippen LogP contribution is -2.35. The Kier molecular flexibility index (Phi) is 4.52. The quantitative estimate of drug-likeness (QED) is 0.612. The standard InChI is InChI=1S/C21H14F2N2O2S/c1-24(14-6-3-2-4-7-14)19-18(17-8-5-11-28-17)20(26)25(21(19)27)16-12-13(22)9-10-15(16)23/h2-12H,1H3. The summed E-state index contributed by atoms with van der Waals surface area (Å²) in [5.41, 5.74) is 0.562. The fourth-order valence-corrected chi connectivity index (χ4v) is 3.89. The summed E-state index contributed by atoms with van der Waals surface area (Å²) >= 11 is 1.29. The van der Waals surface area contributed by atoms with E-state index in [4.69, 9.17) is 0 Å². The van der Waals surface area contributed by atoms with E-state index in [1.165, 1.54) is 11.3 Å². The first-order valence-corrected chi connectivity index (χ1v) is 9.27. The van der Waals surface area contributed by atoms with E-state index in [9.17, 15) is 18.4 Å². The summed E-state index contributed by atoms with van der Waals surface area (Å²) in [6.45, 7) is 0. The van der Waals surface area contributed by atoms with Gasteiger partial charge in [-0.2, -0.15) is 0 Å². The molecule has 0 bridgehead atoms. The number of rotatable bonds is 4. The van der Waals surface area contributed by atoms with Gasteiger partial charge in [-0.05, 0) is 35.7 Å². The third-order valence-corrected chi connectivity index (χ3v) is 5.34. The number of nitrogens with zero attached hydrogens (tertiary/aromatic N) is 2. The van der Waals surface area contributed by atoms with Crippen LogP contribution in [0, 0.1) is 11.6 Å². The molecule has 0 aliphatic carbocycles. The Morgan fingerprint density at radius 3 is 2.36 bits per heavy atom. The summed E-state index contributed by atoms with van der Waals surface area (Å²) in [5.74, 6) is -2.98. The molecule has 140 valence electrons. The highest BCUT2D eigenvalue weighted by atomic mass is 32.1. The Hall–Kier alpha value is -3.32. The van der Waals surface area contributed by atoms with Gasteiger partial charge < -0.3 is 4.90 Å². The lowest BCUT2D eigenvalue weighted by atomic mass is 10.1. The third kappa shape index (κ3) is 2.90. The molecule has 4 rings (SSSR count). The van der Waals surface area contributed by atoms with Crippen molar-refractivity contribution < 1.29 is 18.4 Å². The Morgan fingerprint density at radius 1 is 0.929 bits per heavy atom. The molecular weight excluding hydrogens is 382 g/mol. The van der Waals surface area contributed by atoms with E-state index in [0.717, 1.165) is 18.2 Å². The molecule has 1 aromatic heterocycles. The summed E-state index contributed by atoms with van der Waals surface area (Å²) in [5, 5.41) is 1.78. The van der Waals surface area contributed by atoms with Crippen molar-refractivity contribution in [3.63, 3.8) is 0 Å². The number of benzene rings is 2. The Morgan fingerprint density at radius 2 is 1.68 bits per heavy atom. The van der Waals surface area contributed by atoms with Crippen LogP contribution in [0.4, 0.5) is 20.2 Å². The van der Waals surface area contributed by atoms with Gasteiger partial charge in [-0.1, -0.05) is 24.3 Å². The number of imide groups is 1. The highest BCUT2D eigenvalue weighted by molar-refractivity contribution is 7.11. The predicted octanol–water partition coefficient (Wildman–Crippen LogP) is 4.45. The monoisotopic (exact) mass is 396 g/mol. The van der Waals surface area contributed by atoms with Crippen LogP contribution in [0.3, 0.4) is 0 Å². The SMILES string of the molecule is CN(C1=C(c2cccs2)C(=O)N(c2cc(F)ccc2F)C1=O)c1ccccc1. The lowest BCUT2D eigenvalue weighted by molar-refractivity contribution is -0.120. The number of hydrogen-bond acceptors (Lipinski definition) is 4. The molecule has 0 N–H and O–H groups in total. The third-order valence-electron chi connectivity index (χ3n) is 4.45. The number of carbonyl (C=O) groups is 2. The van der Waals surface area contributed by atoms with Crippen molar-refractivity contribution in [2.75, 3.05) is 16.8 Å². The fourth-order valence-electron chi connectivity index (χ4n) is 3.13. The van der Waals surface area contributed by atoms with E-state index in [1.54, 1.807) is 41.6 Å². The zero-order chi connectivity index (χ0) is 19.8. The van der Waals surface area contributed by atoms with E-state index in [1.807, 2.05) is 18.2 Å². The molecule has 0 unspecified atom stereocenters. The van der Waals surface area contributed by atoms with Gasteiger partial charge in [0.25, 0.3) is 11.8 Å². The first-order chi connectivity index (χ1) is 13.5. The Balaban J connectivity index is 1.88. The summed E-state index contributed by atoms with van der Waals surface area (Å²) in [4.78, 5) is 29.2. The van der Waals surface area contributed by atoms with Crippen molar-refractivity contribution in [1.82, 2.24) is 0 Å². The molecule has 1 aliphatic rings. The van der Waals surface area contributed by atoms with Crippen molar-refractivity contribution in [2.45, 2.75) is 0 Å². The van der Waals surface area contributed by atoms with Gasteiger partial charge in [-0.25, -0.2) is 13.7 Å². The molecule has 28 heavy (non-hydrogen) atoms. The number of halogens is 2.